The van der Waals surface area contributed by atoms with Gasteiger partial charge in [-0.2, -0.15) is 0 Å². The highest BCUT2D eigenvalue weighted by atomic mass is 16.6. The number of anilines is 1. The molecule has 0 radical (unpaired) electrons. The van der Waals surface area contributed by atoms with Gasteiger partial charge in [0.15, 0.2) is 0 Å². The lowest BCUT2D eigenvalue weighted by Gasteiger charge is -2.25. The molecule has 104 valence electrons. The normalized spacial score (nSPS) is 17.0. The van der Waals surface area contributed by atoms with E-state index in [1.165, 1.54) is 0 Å². The minimum Gasteiger partial charge on any atom is -0.475 e. The first-order chi connectivity index (χ1) is 9.31. The Morgan fingerprint density at radius 2 is 2.21 bits per heavy atom. The lowest BCUT2D eigenvalue weighted by Crippen LogP contribution is -2.39. The lowest BCUT2D eigenvalue weighted by molar-refractivity contribution is -0.153. The zero-order valence-corrected chi connectivity index (χ0v) is 11.1. The third-order valence-electron chi connectivity index (χ3n) is 2.72. The molecule has 1 aromatic rings. The molecule has 1 aliphatic heterocycles. The van der Waals surface area contributed by atoms with Gasteiger partial charge in [-0.3, -0.25) is 0 Å². The molecule has 0 bridgehead atoms. The van der Waals surface area contributed by atoms with Crippen LogP contribution in [0, 0.1) is 0 Å². The van der Waals surface area contributed by atoms with Gasteiger partial charge in [0.1, 0.15) is 12.4 Å². The molecule has 5 nitrogen and oxygen atoms in total. The Morgan fingerprint density at radius 1 is 1.37 bits per heavy atom. The molecule has 2 rings (SSSR count). The van der Waals surface area contributed by atoms with Gasteiger partial charge < -0.3 is 19.5 Å². The molecule has 1 aromatic carbocycles. The van der Waals surface area contributed by atoms with Crippen LogP contribution in [-0.2, 0) is 14.3 Å². The summed E-state index contributed by atoms with van der Waals surface area (Å²) >= 11 is 0. The van der Waals surface area contributed by atoms with Crippen LogP contribution in [0.4, 0.5) is 5.69 Å². The first-order valence-corrected chi connectivity index (χ1v) is 6.55. The van der Waals surface area contributed by atoms with E-state index in [-0.39, 0.29) is 12.6 Å². The standard InChI is InChI=1S/C14H19NO4/c1-2-7-17-8-9-18-14(16)13-10-15-11-5-3-4-6-12(11)19-13/h3-6,13,15H,2,7-10H2,1H3. The molecular weight excluding hydrogens is 246 g/mol. The average Bonchev–Trinajstić information content (AvgIpc) is 2.46. The quantitative estimate of drug-likeness (QED) is 0.628. The van der Waals surface area contributed by atoms with Gasteiger partial charge in [-0.1, -0.05) is 19.1 Å². The maximum atomic E-state index is 11.8. The van der Waals surface area contributed by atoms with Crippen LogP contribution in [0.5, 0.6) is 5.75 Å². The third-order valence-corrected chi connectivity index (χ3v) is 2.72. The van der Waals surface area contributed by atoms with Crippen molar-refractivity contribution in [3.05, 3.63) is 24.3 Å². The lowest BCUT2D eigenvalue weighted by atomic mass is 10.2. The number of carbonyl (C=O) groups is 1. The van der Waals surface area contributed by atoms with Crippen molar-refractivity contribution < 1.29 is 19.0 Å². The van der Waals surface area contributed by atoms with Crippen molar-refractivity contribution in [2.45, 2.75) is 19.4 Å². The Balaban J connectivity index is 1.76. The summed E-state index contributed by atoms with van der Waals surface area (Å²) in [5, 5.41) is 3.15. The number of nitrogens with one attached hydrogen (secondary N) is 1. The van der Waals surface area contributed by atoms with Crippen LogP contribution in [0.3, 0.4) is 0 Å². The molecule has 0 amide bonds. The maximum Gasteiger partial charge on any atom is 0.349 e. The second-order valence-corrected chi connectivity index (χ2v) is 4.26. The van der Waals surface area contributed by atoms with E-state index in [0.717, 1.165) is 12.1 Å². The summed E-state index contributed by atoms with van der Waals surface area (Å²) in [5.74, 6) is 0.319. The number of hydrogen-bond acceptors (Lipinski definition) is 5. The molecule has 0 aromatic heterocycles. The largest absolute Gasteiger partial charge is 0.475 e. The van der Waals surface area contributed by atoms with Crippen LogP contribution in [0.25, 0.3) is 0 Å². The van der Waals surface area contributed by atoms with Crippen molar-refractivity contribution in [2.24, 2.45) is 0 Å². The predicted octanol–water partition coefficient (Wildman–Crippen LogP) is 1.83. The summed E-state index contributed by atoms with van der Waals surface area (Å²) in [7, 11) is 0. The van der Waals surface area contributed by atoms with Crippen molar-refractivity contribution in [2.75, 3.05) is 31.7 Å². The fraction of sp³-hybridized carbons (Fsp3) is 0.500. The molecule has 1 aliphatic rings. The number of fused-ring (bicyclic) bond motifs is 1. The summed E-state index contributed by atoms with van der Waals surface area (Å²) < 4.78 is 16.0. The molecule has 0 saturated carbocycles. The third kappa shape index (κ3) is 3.86. The Bertz CT molecular complexity index is 422. The van der Waals surface area contributed by atoms with E-state index >= 15 is 0 Å². The molecule has 0 aliphatic carbocycles. The van der Waals surface area contributed by atoms with Gasteiger partial charge in [-0.25, -0.2) is 4.79 Å². The molecular formula is C14H19NO4. The van der Waals surface area contributed by atoms with Gasteiger partial charge >= 0.3 is 5.97 Å². The van der Waals surface area contributed by atoms with Crippen molar-refractivity contribution in [1.82, 2.24) is 0 Å². The van der Waals surface area contributed by atoms with Gasteiger partial charge in [0.05, 0.1) is 18.8 Å². The molecule has 1 atom stereocenters. The van der Waals surface area contributed by atoms with Crippen molar-refractivity contribution in [1.29, 1.82) is 0 Å². The van der Waals surface area contributed by atoms with E-state index in [1.54, 1.807) is 0 Å². The second-order valence-electron chi connectivity index (χ2n) is 4.26. The Kier molecular flexibility index (Phi) is 5.03. The zero-order valence-electron chi connectivity index (χ0n) is 11.1. The van der Waals surface area contributed by atoms with Gasteiger partial charge in [0, 0.05) is 6.61 Å². The van der Waals surface area contributed by atoms with Crippen LogP contribution in [0.1, 0.15) is 13.3 Å². The number of hydrogen-bond donors (Lipinski definition) is 1. The average molecular weight is 265 g/mol. The summed E-state index contributed by atoms with van der Waals surface area (Å²) in [6, 6.07) is 7.52. The second kappa shape index (κ2) is 6.99. The van der Waals surface area contributed by atoms with Crippen LogP contribution < -0.4 is 10.1 Å². The molecule has 5 heteroatoms. The Hall–Kier alpha value is -1.75. The van der Waals surface area contributed by atoms with E-state index in [1.807, 2.05) is 31.2 Å². The van der Waals surface area contributed by atoms with Gasteiger partial charge in [-0.05, 0) is 18.6 Å². The summed E-state index contributed by atoms with van der Waals surface area (Å²) in [6.07, 6.45) is 0.362. The minimum atomic E-state index is -0.596. The number of carbonyl (C=O) groups excluding carboxylic acids is 1. The Labute approximate surface area is 112 Å². The van der Waals surface area contributed by atoms with Gasteiger partial charge in [-0.15, -0.1) is 0 Å². The van der Waals surface area contributed by atoms with Crippen LogP contribution in [0.15, 0.2) is 24.3 Å². The summed E-state index contributed by atoms with van der Waals surface area (Å²) in [4.78, 5) is 11.8. The molecule has 0 saturated heterocycles. The smallest absolute Gasteiger partial charge is 0.349 e. The van der Waals surface area contributed by atoms with Crippen LogP contribution in [0.2, 0.25) is 0 Å². The molecule has 1 N–H and O–H groups in total. The minimum absolute atomic E-state index is 0.264. The summed E-state index contributed by atoms with van der Waals surface area (Å²) in [6.45, 7) is 3.83. The molecule has 1 unspecified atom stereocenters. The number of rotatable bonds is 6. The zero-order chi connectivity index (χ0) is 13.5. The highest BCUT2D eigenvalue weighted by Crippen LogP contribution is 2.28. The van der Waals surface area contributed by atoms with Crippen molar-refractivity contribution in [3.8, 4) is 5.75 Å². The van der Waals surface area contributed by atoms with E-state index in [9.17, 15) is 4.79 Å². The van der Waals surface area contributed by atoms with Gasteiger partial charge in [0.2, 0.25) is 6.10 Å². The molecule has 1 heterocycles. The number of esters is 1. The van der Waals surface area contributed by atoms with Gasteiger partial charge in [0.25, 0.3) is 0 Å². The fourth-order valence-corrected chi connectivity index (χ4v) is 1.79. The summed E-state index contributed by atoms with van der Waals surface area (Å²) in [5.41, 5.74) is 0.901. The number of para-hydroxylation sites is 2. The predicted molar refractivity (Wildman–Crippen MR) is 71.4 cm³/mol. The molecule has 0 fully saturated rings. The topological polar surface area (TPSA) is 56.8 Å². The molecule has 0 spiro atoms. The van der Waals surface area contributed by atoms with Crippen molar-refractivity contribution in [3.63, 3.8) is 0 Å². The highest BCUT2D eigenvalue weighted by molar-refractivity contribution is 5.77. The fourth-order valence-electron chi connectivity index (χ4n) is 1.79. The van der Waals surface area contributed by atoms with Crippen LogP contribution in [-0.4, -0.2) is 38.4 Å². The first-order valence-electron chi connectivity index (χ1n) is 6.55. The SMILES string of the molecule is CCCOCCOC(=O)C1CNc2ccccc2O1. The van der Waals surface area contributed by atoms with E-state index < -0.39 is 6.10 Å². The molecule has 19 heavy (non-hydrogen) atoms. The van der Waals surface area contributed by atoms with E-state index in [4.69, 9.17) is 14.2 Å². The van der Waals surface area contributed by atoms with E-state index in [2.05, 4.69) is 5.32 Å². The monoisotopic (exact) mass is 265 g/mol. The van der Waals surface area contributed by atoms with Crippen molar-refractivity contribution >= 4 is 11.7 Å². The van der Waals surface area contributed by atoms with Crippen LogP contribution >= 0.6 is 0 Å². The Morgan fingerprint density at radius 3 is 3.05 bits per heavy atom. The first kappa shape index (κ1) is 13.7. The highest BCUT2D eigenvalue weighted by Gasteiger charge is 2.26. The number of benzene rings is 1. The number of ether oxygens (including phenoxy) is 3. The maximum absolute atomic E-state index is 11.8. The van der Waals surface area contributed by atoms with E-state index in [0.29, 0.717) is 25.5 Å².